The van der Waals surface area contributed by atoms with Gasteiger partial charge in [-0.1, -0.05) is 29.8 Å². The van der Waals surface area contributed by atoms with Crippen LogP contribution in [0, 0.1) is 0 Å². The van der Waals surface area contributed by atoms with E-state index in [4.69, 9.17) is 23.2 Å². The van der Waals surface area contributed by atoms with E-state index in [1.54, 1.807) is 6.20 Å². The van der Waals surface area contributed by atoms with Gasteiger partial charge in [-0.15, -0.1) is 0 Å². The number of hydrogen-bond acceptors (Lipinski definition) is 4. The van der Waals surface area contributed by atoms with Crippen LogP contribution in [0.2, 0.25) is 10.3 Å². The molecular formula is C15H10Cl2N4. The molecule has 0 atom stereocenters. The lowest BCUT2D eigenvalue weighted by molar-refractivity contribution is 0.985. The molecule has 21 heavy (non-hydrogen) atoms. The standard InChI is InChI=1S/C15H10Cl2N4/c16-12-4-2-1-3-10(12)11-7-9-8-19-15(17)20-13(9)21-6-5-18-14(11)21/h1-4,7-8H,5-6H2. The molecule has 0 saturated heterocycles. The summed E-state index contributed by atoms with van der Waals surface area (Å²) in [6, 6.07) is 7.76. The second-order valence-corrected chi connectivity index (χ2v) is 5.56. The average Bonchev–Trinajstić information content (AvgIpc) is 2.97. The van der Waals surface area contributed by atoms with Crippen LogP contribution in [-0.4, -0.2) is 28.9 Å². The zero-order valence-electron chi connectivity index (χ0n) is 10.9. The molecule has 0 N–H and O–H groups in total. The summed E-state index contributed by atoms with van der Waals surface area (Å²) in [5.74, 6) is 1.70. The van der Waals surface area contributed by atoms with E-state index in [1.165, 1.54) is 0 Å². The highest BCUT2D eigenvalue weighted by Crippen LogP contribution is 2.37. The Morgan fingerprint density at radius 1 is 1.14 bits per heavy atom. The van der Waals surface area contributed by atoms with Crippen LogP contribution in [0.3, 0.4) is 0 Å². The molecule has 1 aromatic carbocycles. The number of anilines is 1. The lowest BCUT2D eigenvalue weighted by Crippen LogP contribution is -2.32. The van der Waals surface area contributed by atoms with Crippen molar-refractivity contribution in [2.24, 2.45) is 4.99 Å². The molecule has 2 aliphatic rings. The Balaban J connectivity index is 1.95. The third-order valence-electron chi connectivity index (χ3n) is 3.57. The van der Waals surface area contributed by atoms with Crippen LogP contribution in [0.4, 0.5) is 5.82 Å². The minimum atomic E-state index is 0.245. The molecule has 0 radical (unpaired) electrons. The second kappa shape index (κ2) is 4.83. The largest absolute Gasteiger partial charge is 0.308 e. The zero-order chi connectivity index (χ0) is 14.4. The first kappa shape index (κ1) is 12.8. The van der Waals surface area contributed by atoms with Crippen molar-refractivity contribution in [2.75, 3.05) is 18.0 Å². The van der Waals surface area contributed by atoms with E-state index in [0.29, 0.717) is 5.02 Å². The van der Waals surface area contributed by atoms with Crippen molar-refractivity contribution in [1.82, 2.24) is 9.97 Å². The van der Waals surface area contributed by atoms with Crippen LogP contribution in [0.1, 0.15) is 11.1 Å². The monoisotopic (exact) mass is 316 g/mol. The molecule has 0 saturated carbocycles. The molecule has 3 heterocycles. The van der Waals surface area contributed by atoms with E-state index in [0.717, 1.165) is 41.4 Å². The smallest absolute Gasteiger partial charge is 0.224 e. The summed E-state index contributed by atoms with van der Waals surface area (Å²) < 4.78 is 0. The van der Waals surface area contributed by atoms with Gasteiger partial charge >= 0.3 is 0 Å². The number of rotatable bonds is 1. The molecule has 1 aromatic heterocycles. The van der Waals surface area contributed by atoms with Crippen LogP contribution < -0.4 is 4.90 Å². The van der Waals surface area contributed by atoms with Crippen molar-refractivity contribution >= 4 is 46.5 Å². The molecule has 0 spiro atoms. The van der Waals surface area contributed by atoms with Crippen molar-refractivity contribution in [3.8, 4) is 0 Å². The van der Waals surface area contributed by atoms with Gasteiger partial charge in [0.15, 0.2) is 0 Å². The number of hydrogen-bond donors (Lipinski definition) is 0. The molecule has 0 bridgehead atoms. The Morgan fingerprint density at radius 3 is 2.86 bits per heavy atom. The third kappa shape index (κ3) is 2.03. The normalized spacial score (nSPS) is 16.2. The number of benzene rings is 1. The lowest BCUT2D eigenvalue weighted by atomic mass is 9.99. The van der Waals surface area contributed by atoms with E-state index in [-0.39, 0.29) is 5.28 Å². The predicted octanol–water partition coefficient (Wildman–Crippen LogP) is 3.56. The van der Waals surface area contributed by atoms with Gasteiger partial charge in [-0.2, -0.15) is 4.98 Å². The van der Waals surface area contributed by atoms with Crippen LogP contribution >= 0.6 is 23.2 Å². The van der Waals surface area contributed by atoms with Gasteiger partial charge in [0.1, 0.15) is 11.7 Å². The Hall–Kier alpha value is -1.91. The van der Waals surface area contributed by atoms with Gasteiger partial charge in [0.25, 0.3) is 0 Å². The predicted molar refractivity (Wildman–Crippen MR) is 86.0 cm³/mol. The van der Waals surface area contributed by atoms with E-state index in [2.05, 4.69) is 19.9 Å². The van der Waals surface area contributed by atoms with Crippen molar-refractivity contribution in [1.29, 1.82) is 0 Å². The molecular weight excluding hydrogens is 307 g/mol. The maximum absolute atomic E-state index is 6.33. The van der Waals surface area contributed by atoms with Crippen molar-refractivity contribution in [3.05, 3.63) is 51.9 Å². The number of fused-ring (bicyclic) bond motifs is 3. The first-order chi connectivity index (χ1) is 10.2. The summed E-state index contributed by atoms with van der Waals surface area (Å²) in [5, 5.41) is 0.950. The summed E-state index contributed by atoms with van der Waals surface area (Å²) in [6.45, 7) is 1.52. The molecule has 4 nitrogen and oxygen atoms in total. The fraction of sp³-hybridized carbons (Fsp3) is 0.133. The molecule has 104 valence electrons. The van der Waals surface area contributed by atoms with Gasteiger partial charge < -0.3 is 4.90 Å². The Labute approximate surface area is 131 Å². The average molecular weight is 317 g/mol. The third-order valence-corrected chi connectivity index (χ3v) is 4.08. The van der Waals surface area contributed by atoms with Crippen LogP contribution in [-0.2, 0) is 0 Å². The van der Waals surface area contributed by atoms with Gasteiger partial charge in [0.2, 0.25) is 5.28 Å². The summed E-state index contributed by atoms with van der Waals surface area (Å²) in [7, 11) is 0. The first-order valence-corrected chi connectivity index (χ1v) is 7.31. The highest BCUT2D eigenvalue weighted by atomic mass is 35.5. The summed E-state index contributed by atoms with van der Waals surface area (Å²) in [6.07, 6.45) is 3.75. The fourth-order valence-electron chi connectivity index (χ4n) is 2.66. The number of amidine groups is 1. The Bertz CT molecular complexity index is 798. The topological polar surface area (TPSA) is 41.4 Å². The molecule has 2 aromatic rings. The maximum atomic E-state index is 6.33. The highest BCUT2D eigenvalue weighted by Gasteiger charge is 2.30. The SMILES string of the molecule is Clc1ncc2c(n1)N1CCN=C1C(c1ccccc1Cl)=C2. The summed E-state index contributed by atoms with van der Waals surface area (Å²) >= 11 is 12.2. The quantitative estimate of drug-likeness (QED) is 0.755. The van der Waals surface area contributed by atoms with Gasteiger partial charge in [0, 0.05) is 34.5 Å². The fourth-order valence-corrected chi connectivity index (χ4v) is 3.03. The highest BCUT2D eigenvalue weighted by molar-refractivity contribution is 6.40. The molecule has 2 aliphatic heterocycles. The van der Waals surface area contributed by atoms with Crippen LogP contribution in [0.5, 0.6) is 0 Å². The van der Waals surface area contributed by atoms with Crippen molar-refractivity contribution < 1.29 is 0 Å². The van der Waals surface area contributed by atoms with E-state index >= 15 is 0 Å². The summed E-state index contributed by atoms with van der Waals surface area (Å²) in [4.78, 5) is 15.1. The minimum Gasteiger partial charge on any atom is -0.308 e. The van der Waals surface area contributed by atoms with Gasteiger partial charge in [-0.3, -0.25) is 4.99 Å². The zero-order valence-corrected chi connectivity index (χ0v) is 12.4. The van der Waals surface area contributed by atoms with Gasteiger partial charge in [-0.25, -0.2) is 4.98 Å². The van der Waals surface area contributed by atoms with Crippen molar-refractivity contribution in [2.45, 2.75) is 0 Å². The maximum Gasteiger partial charge on any atom is 0.224 e. The van der Waals surface area contributed by atoms with E-state index in [9.17, 15) is 0 Å². The first-order valence-electron chi connectivity index (χ1n) is 6.55. The van der Waals surface area contributed by atoms with Crippen LogP contribution in [0.15, 0.2) is 35.5 Å². The number of aliphatic imine (C=N–C) groups is 1. The van der Waals surface area contributed by atoms with Gasteiger partial charge in [0.05, 0.1) is 6.54 Å². The van der Waals surface area contributed by atoms with E-state index in [1.807, 2.05) is 30.3 Å². The van der Waals surface area contributed by atoms with E-state index < -0.39 is 0 Å². The molecule has 0 fully saturated rings. The summed E-state index contributed by atoms with van der Waals surface area (Å²) in [5.41, 5.74) is 2.89. The van der Waals surface area contributed by atoms with Crippen molar-refractivity contribution in [3.63, 3.8) is 0 Å². The Kier molecular flexibility index (Phi) is 2.94. The molecule has 0 amide bonds. The van der Waals surface area contributed by atoms with Crippen LogP contribution in [0.25, 0.3) is 11.6 Å². The molecule has 4 rings (SSSR count). The molecule has 6 heteroatoms. The van der Waals surface area contributed by atoms with Gasteiger partial charge in [-0.05, 0) is 23.7 Å². The number of nitrogens with zero attached hydrogens (tertiary/aromatic N) is 4. The Morgan fingerprint density at radius 2 is 2.00 bits per heavy atom. The minimum absolute atomic E-state index is 0.245. The number of halogens is 2. The second-order valence-electron chi connectivity index (χ2n) is 4.81. The number of aromatic nitrogens is 2. The molecule has 0 aliphatic carbocycles. The lowest BCUT2D eigenvalue weighted by Gasteiger charge is -2.27. The molecule has 0 unspecified atom stereocenters.